The number of aromatic nitrogens is 1. The van der Waals surface area contributed by atoms with Gasteiger partial charge in [0.15, 0.2) is 0 Å². The van der Waals surface area contributed by atoms with Gasteiger partial charge < -0.3 is 0 Å². The molecule has 16 heavy (non-hydrogen) atoms. The molecule has 2 heteroatoms. The van der Waals surface area contributed by atoms with Gasteiger partial charge in [0, 0.05) is 10.9 Å². The Morgan fingerprint density at radius 1 is 1.12 bits per heavy atom. The number of benzene rings is 1. The minimum absolute atomic E-state index is 0.547. The number of nitrogens with zero attached hydrogens (tertiary/aromatic N) is 1. The molecule has 0 aliphatic carbocycles. The van der Waals surface area contributed by atoms with Crippen molar-refractivity contribution in [1.82, 2.24) is 4.98 Å². The van der Waals surface area contributed by atoms with Crippen LogP contribution in [0.25, 0.3) is 0 Å². The van der Waals surface area contributed by atoms with Gasteiger partial charge in [-0.05, 0) is 30.5 Å². The largest absolute Gasteiger partial charge is 0.247 e. The molecule has 0 spiro atoms. The monoisotopic (exact) mass is 227 g/mol. The second-order valence-corrected chi connectivity index (χ2v) is 5.33. The molecular weight excluding hydrogens is 214 g/mol. The minimum Gasteiger partial charge on any atom is -0.247 e. The maximum atomic E-state index is 4.59. The quantitative estimate of drug-likeness (QED) is 0.735. The van der Waals surface area contributed by atoms with E-state index >= 15 is 0 Å². The number of pyridine rings is 1. The van der Waals surface area contributed by atoms with Crippen LogP contribution in [0.2, 0.25) is 0 Å². The van der Waals surface area contributed by atoms with Crippen LogP contribution in [0.3, 0.4) is 0 Å². The van der Waals surface area contributed by atoms with Crippen LogP contribution in [-0.4, -0.2) is 4.98 Å². The Bertz CT molecular complexity index is 507. The first-order valence-corrected chi connectivity index (χ1v) is 6.39. The lowest BCUT2D eigenvalue weighted by Gasteiger charge is -2.07. The predicted octanol–water partition coefficient (Wildman–Crippen LogP) is 3.78. The molecule has 1 aromatic heterocycles. The number of fused-ring (bicyclic) bond motifs is 1. The van der Waals surface area contributed by atoms with Crippen molar-refractivity contribution in [3.05, 3.63) is 59.3 Å². The highest BCUT2D eigenvalue weighted by atomic mass is 32.2. The summed E-state index contributed by atoms with van der Waals surface area (Å²) < 4.78 is 0. The van der Waals surface area contributed by atoms with Gasteiger partial charge in [0.25, 0.3) is 0 Å². The maximum Gasteiger partial charge on any atom is 0.100 e. The molecular formula is C14H13NS. The summed E-state index contributed by atoms with van der Waals surface area (Å²) in [4.78, 5) is 4.59. The lowest BCUT2D eigenvalue weighted by molar-refractivity contribution is 0.926. The van der Waals surface area contributed by atoms with Crippen LogP contribution in [0.1, 0.15) is 22.1 Å². The summed E-state index contributed by atoms with van der Waals surface area (Å²) in [6.45, 7) is 2.05. The Morgan fingerprint density at radius 3 is 2.75 bits per heavy atom. The van der Waals surface area contributed by atoms with Crippen LogP contribution in [0.15, 0.2) is 47.5 Å². The molecule has 2 heterocycles. The smallest absolute Gasteiger partial charge is 0.100 e. The second-order valence-electron chi connectivity index (χ2n) is 4.14. The molecule has 3 rings (SSSR count). The van der Waals surface area contributed by atoms with Gasteiger partial charge in [-0.1, -0.05) is 48.2 Å². The summed E-state index contributed by atoms with van der Waals surface area (Å²) in [7, 11) is 0. The molecule has 0 N–H and O–H groups in total. The fourth-order valence-electron chi connectivity index (χ4n) is 2.05. The zero-order valence-electron chi connectivity index (χ0n) is 9.18. The third kappa shape index (κ3) is 1.74. The molecule has 1 nitrogen and oxygen atoms in total. The van der Waals surface area contributed by atoms with E-state index in [0.29, 0.717) is 5.25 Å². The molecule has 0 fully saturated rings. The molecule has 2 aromatic rings. The van der Waals surface area contributed by atoms with E-state index in [4.69, 9.17) is 0 Å². The van der Waals surface area contributed by atoms with Crippen LogP contribution < -0.4 is 0 Å². The first-order chi connectivity index (χ1) is 7.83. The summed E-state index contributed by atoms with van der Waals surface area (Å²) in [6.07, 6.45) is 1.11. The number of aryl methyl sites for hydroxylation is 1. The Kier molecular flexibility index (Phi) is 2.44. The van der Waals surface area contributed by atoms with Crippen LogP contribution in [-0.2, 0) is 6.42 Å². The van der Waals surface area contributed by atoms with Gasteiger partial charge in [-0.3, -0.25) is 0 Å². The Hall–Kier alpha value is -1.28. The van der Waals surface area contributed by atoms with E-state index in [1.165, 1.54) is 16.2 Å². The molecule has 0 saturated carbocycles. The molecule has 1 aromatic carbocycles. The molecule has 80 valence electrons. The fraction of sp³-hybridized carbons (Fsp3) is 0.214. The zero-order chi connectivity index (χ0) is 11.0. The van der Waals surface area contributed by atoms with Crippen molar-refractivity contribution >= 4 is 11.8 Å². The summed E-state index contributed by atoms with van der Waals surface area (Å²) in [6, 6.07) is 15.0. The second kappa shape index (κ2) is 3.95. The van der Waals surface area contributed by atoms with Gasteiger partial charge in [0.1, 0.15) is 5.03 Å². The molecule has 0 saturated heterocycles. The average Bonchev–Trinajstić information content (AvgIpc) is 2.73. The van der Waals surface area contributed by atoms with Crippen molar-refractivity contribution in [3.8, 4) is 0 Å². The van der Waals surface area contributed by atoms with E-state index in [0.717, 1.165) is 12.1 Å². The zero-order valence-corrected chi connectivity index (χ0v) is 10.00. The van der Waals surface area contributed by atoms with E-state index in [1.54, 1.807) is 0 Å². The number of thioether (sulfide) groups is 1. The van der Waals surface area contributed by atoms with E-state index in [2.05, 4.69) is 54.4 Å². The fourth-order valence-corrected chi connectivity index (χ4v) is 3.37. The van der Waals surface area contributed by atoms with E-state index < -0.39 is 0 Å². The van der Waals surface area contributed by atoms with E-state index in [1.807, 2.05) is 11.8 Å². The van der Waals surface area contributed by atoms with E-state index in [-0.39, 0.29) is 0 Å². The highest BCUT2D eigenvalue weighted by Crippen LogP contribution is 2.45. The number of hydrogen-bond acceptors (Lipinski definition) is 2. The first kappa shape index (κ1) is 9.91. The third-order valence-corrected chi connectivity index (χ3v) is 4.21. The molecule has 1 atom stereocenters. The van der Waals surface area contributed by atoms with Crippen molar-refractivity contribution in [2.24, 2.45) is 0 Å². The number of hydrogen-bond donors (Lipinski definition) is 0. The van der Waals surface area contributed by atoms with Crippen LogP contribution in [0.5, 0.6) is 0 Å². The van der Waals surface area contributed by atoms with Gasteiger partial charge in [0.05, 0.1) is 0 Å². The summed E-state index contributed by atoms with van der Waals surface area (Å²) in [5, 5.41) is 1.76. The third-order valence-electron chi connectivity index (χ3n) is 2.91. The van der Waals surface area contributed by atoms with Gasteiger partial charge in [-0.25, -0.2) is 4.98 Å². The van der Waals surface area contributed by atoms with Crippen molar-refractivity contribution in [1.29, 1.82) is 0 Å². The Morgan fingerprint density at radius 2 is 1.94 bits per heavy atom. The normalized spacial score (nSPS) is 18.4. The molecule has 1 aliphatic heterocycles. The highest BCUT2D eigenvalue weighted by molar-refractivity contribution is 7.99. The minimum atomic E-state index is 0.547. The van der Waals surface area contributed by atoms with Gasteiger partial charge >= 0.3 is 0 Å². The highest BCUT2D eigenvalue weighted by Gasteiger charge is 2.24. The molecule has 0 amide bonds. The maximum absolute atomic E-state index is 4.59. The molecule has 0 bridgehead atoms. The van der Waals surface area contributed by atoms with E-state index in [9.17, 15) is 0 Å². The van der Waals surface area contributed by atoms with Crippen molar-refractivity contribution in [2.75, 3.05) is 0 Å². The standard InChI is InChI=1S/C14H13NS/c1-10-7-8-12-9-13(16-14(12)15-10)11-5-3-2-4-6-11/h2-8,13H,9H2,1H3/t13-/m0/s1. The lowest BCUT2D eigenvalue weighted by atomic mass is 10.1. The summed E-state index contributed by atoms with van der Waals surface area (Å²) in [5.41, 5.74) is 3.91. The van der Waals surface area contributed by atoms with Crippen LogP contribution in [0, 0.1) is 6.92 Å². The van der Waals surface area contributed by atoms with Crippen molar-refractivity contribution < 1.29 is 0 Å². The Balaban J connectivity index is 1.91. The van der Waals surface area contributed by atoms with Crippen LogP contribution >= 0.6 is 11.8 Å². The average molecular weight is 227 g/mol. The predicted molar refractivity (Wildman–Crippen MR) is 67.7 cm³/mol. The summed E-state index contributed by atoms with van der Waals surface area (Å²) in [5.74, 6) is 0. The van der Waals surface area contributed by atoms with Crippen molar-refractivity contribution in [2.45, 2.75) is 23.6 Å². The molecule has 0 unspecified atom stereocenters. The Labute approximate surface area is 99.9 Å². The van der Waals surface area contributed by atoms with Gasteiger partial charge in [-0.2, -0.15) is 0 Å². The van der Waals surface area contributed by atoms with Gasteiger partial charge in [-0.15, -0.1) is 0 Å². The summed E-state index contributed by atoms with van der Waals surface area (Å²) >= 11 is 1.89. The lowest BCUT2D eigenvalue weighted by Crippen LogP contribution is -1.91. The number of rotatable bonds is 1. The molecule has 0 radical (unpaired) electrons. The first-order valence-electron chi connectivity index (χ1n) is 5.51. The van der Waals surface area contributed by atoms with Crippen molar-refractivity contribution in [3.63, 3.8) is 0 Å². The SMILES string of the molecule is Cc1ccc2c(n1)S[C@H](c1ccccc1)C2. The van der Waals surface area contributed by atoms with Crippen LogP contribution in [0.4, 0.5) is 0 Å². The topological polar surface area (TPSA) is 12.9 Å². The molecule has 1 aliphatic rings. The van der Waals surface area contributed by atoms with Gasteiger partial charge in [0.2, 0.25) is 0 Å².